The molecule has 18 heavy (non-hydrogen) atoms. The molecule has 0 aromatic carbocycles. The summed E-state index contributed by atoms with van der Waals surface area (Å²) >= 11 is 0.494. The van der Waals surface area contributed by atoms with Crippen LogP contribution < -0.4 is 21.2 Å². The second-order valence-electron chi connectivity index (χ2n) is 9.24. The molecule has 8 aliphatic carbocycles. The van der Waals surface area contributed by atoms with Gasteiger partial charge in [0, 0.05) is 0 Å². The van der Waals surface area contributed by atoms with Gasteiger partial charge in [-0.25, -0.2) is 0 Å². The minimum atomic E-state index is 0.494. The van der Waals surface area contributed by atoms with Crippen LogP contribution >= 0.6 is 0 Å². The Balaban J connectivity index is 1.60. The number of hydrogen-bond acceptors (Lipinski definition) is 0. The van der Waals surface area contributed by atoms with Gasteiger partial charge in [-0.05, 0) is 0 Å². The third-order valence-electron chi connectivity index (χ3n) is 10.3. The molecule has 0 N–H and O–H groups in total. The normalized spacial score (nSPS) is 90.1. The molecule has 0 saturated heterocycles. The van der Waals surface area contributed by atoms with E-state index in [2.05, 4.69) is 18.8 Å². The molecule has 2 spiro atoms. The van der Waals surface area contributed by atoms with Crippen molar-refractivity contribution in [3.63, 3.8) is 0 Å². The molecule has 1 heteroatoms. The molecule has 0 aliphatic heterocycles. The third kappa shape index (κ3) is 0.461. The van der Waals surface area contributed by atoms with Crippen molar-refractivity contribution >= 4 is 0 Å². The van der Waals surface area contributed by atoms with E-state index in [-0.39, 0.29) is 0 Å². The van der Waals surface area contributed by atoms with Crippen molar-refractivity contribution in [3.8, 4) is 0 Å². The van der Waals surface area contributed by atoms with Gasteiger partial charge in [0.1, 0.15) is 0 Å². The Labute approximate surface area is 120 Å². The quantitative estimate of drug-likeness (QED) is 0.461. The summed E-state index contributed by atoms with van der Waals surface area (Å²) in [5, 5.41) is 0. The summed E-state index contributed by atoms with van der Waals surface area (Å²) in [5.41, 5.74) is 2.76. The summed E-state index contributed by atoms with van der Waals surface area (Å²) in [4.78, 5) is 2.63. The summed E-state index contributed by atoms with van der Waals surface area (Å²) in [6, 6.07) is 0. The Morgan fingerprint density at radius 1 is 1.22 bits per heavy atom. The molecule has 8 unspecified atom stereocenters. The van der Waals surface area contributed by atoms with Crippen LogP contribution in [0.25, 0.3) is 0 Å². The summed E-state index contributed by atoms with van der Waals surface area (Å²) in [6.07, 6.45) is 5.12. The van der Waals surface area contributed by atoms with Crippen molar-refractivity contribution in [2.75, 3.05) is 4.93 Å². The average molecular weight is 353 g/mol. The summed E-state index contributed by atoms with van der Waals surface area (Å²) in [6.45, 7) is 5.46. The van der Waals surface area contributed by atoms with Gasteiger partial charge in [0.05, 0.1) is 0 Å². The van der Waals surface area contributed by atoms with Gasteiger partial charge in [-0.1, -0.05) is 0 Å². The molecule has 0 aromatic rings. The van der Waals surface area contributed by atoms with Crippen LogP contribution in [0.2, 0.25) is 0 Å². The molecule has 8 fully saturated rings. The van der Waals surface area contributed by atoms with Gasteiger partial charge >= 0.3 is 120 Å². The standard InChI is InChI=1S/C17H22I/c1-7-11-8-4-9-12(7)15(9)5-10-14(2,13(11)15)16(8)6-17(10,16)18-3/h7-13H,4-6H2,1-3H3/q-1/t7-,8?,9?,10?,11?,12?,13?,14-,15-,16?,17?/m0/s1. The molecule has 0 amide bonds. The van der Waals surface area contributed by atoms with Crippen molar-refractivity contribution < 1.29 is 21.2 Å². The number of rotatable bonds is 1. The SMILES string of the molecule is C[I-]C12CC13C1CC4C5[C@@H](C)C1C1[C@@]45CC2[C@@]13C. The Hall–Kier alpha value is 0.730. The number of fused-ring (bicyclic) bond motifs is 1. The van der Waals surface area contributed by atoms with Gasteiger partial charge in [-0.2, -0.15) is 0 Å². The first-order valence-corrected chi connectivity index (χ1v) is 11.4. The van der Waals surface area contributed by atoms with Crippen LogP contribution in [0.15, 0.2) is 0 Å². The van der Waals surface area contributed by atoms with E-state index in [9.17, 15) is 0 Å². The molecule has 11 atom stereocenters. The molecule has 6 bridgehead atoms. The Morgan fingerprint density at radius 2 is 2.06 bits per heavy atom. The molecular weight excluding hydrogens is 331 g/mol. The average Bonchev–Trinajstić information content (AvgIpc) is 3.10. The molecule has 8 aliphatic rings. The third-order valence-corrected chi connectivity index (χ3v) is 14.3. The zero-order valence-electron chi connectivity index (χ0n) is 11.5. The van der Waals surface area contributed by atoms with E-state index in [4.69, 9.17) is 0 Å². The first-order chi connectivity index (χ1) is 8.61. The van der Waals surface area contributed by atoms with E-state index >= 15 is 0 Å². The van der Waals surface area contributed by atoms with Crippen LogP contribution in [-0.4, -0.2) is 8.35 Å². The molecule has 0 radical (unpaired) electrons. The second-order valence-corrected chi connectivity index (χ2v) is 12.2. The predicted molar refractivity (Wildman–Crippen MR) is 65.6 cm³/mol. The van der Waals surface area contributed by atoms with Crippen molar-refractivity contribution in [3.05, 3.63) is 0 Å². The van der Waals surface area contributed by atoms with Gasteiger partial charge in [0.25, 0.3) is 0 Å². The Bertz CT molecular complexity index is 556. The Morgan fingerprint density at radius 3 is 2.83 bits per heavy atom. The van der Waals surface area contributed by atoms with Gasteiger partial charge in [0.2, 0.25) is 0 Å². The molecular formula is C17H22I-. The van der Waals surface area contributed by atoms with Gasteiger partial charge < -0.3 is 0 Å². The maximum atomic E-state index is 2.80. The molecule has 0 aromatic heterocycles. The van der Waals surface area contributed by atoms with Crippen LogP contribution in [0.5, 0.6) is 0 Å². The number of alkyl halides is 2. The van der Waals surface area contributed by atoms with Crippen molar-refractivity contribution in [1.29, 1.82) is 0 Å². The minimum absolute atomic E-state index is 0.494. The summed E-state index contributed by atoms with van der Waals surface area (Å²) in [7, 11) is 0. The fraction of sp³-hybridized carbons (Fsp3) is 1.00. The van der Waals surface area contributed by atoms with Crippen LogP contribution in [0, 0.1) is 57.7 Å². The fourth-order valence-electron chi connectivity index (χ4n) is 10.6. The number of halogens is 1. The number of hydrogen-bond donors (Lipinski definition) is 0. The van der Waals surface area contributed by atoms with E-state index in [1.165, 1.54) is 35.5 Å². The summed E-state index contributed by atoms with van der Waals surface area (Å²) in [5.74, 6) is 8.45. The zero-order valence-corrected chi connectivity index (χ0v) is 13.7. The van der Waals surface area contributed by atoms with E-state index in [1.54, 1.807) is 19.3 Å². The molecule has 8 saturated carbocycles. The van der Waals surface area contributed by atoms with Crippen LogP contribution in [-0.2, 0) is 0 Å². The van der Waals surface area contributed by atoms with E-state index in [0.717, 1.165) is 25.6 Å². The van der Waals surface area contributed by atoms with Gasteiger partial charge in [0.15, 0.2) is 0 Å². The van der Waals surface area contributed by atoms with Gasteiger partial charge in [-0.15, -0.1) is 0 Å². The van der Waals surface area contributed by atoms with E-state index < -0.39 is 0 Å². The van der Waals surface area contributed by atoms with E-state index in [1.807, 2.05) is 0 Å². The zero-order chi connectivity index (χ0) is 11.9. The molecule has 98 valence electrons. The van der Waals surface area contributed by atoms with Crippen molar-refractivity contribution in [2.45, 2.75) is 36.5 Å². The van der Waals surface area contributed by atoms with Crippen LogP contribution in [0.4, 0.5) is 0 Å². The topological polar surface area (TPSA) is 0 Å². The van der Waals surface area contributed by atoms with Crippen molar-refractivity contribution in [1.82, 2.24) is 0 Å². The van der Waals surface area contributed by atoms with Gasteiger partial charge in [-0.3, -0.25) is 0 Å². The fourth-order valence-corrected chi connectivity index (χ4v) is 15.2. The predicted octanol–water partition coefficient (Wildman–Crippen LogP) is 0.0219. The van der Waals surface area contributed by atoms with Crippen LogP contribution in [0.1, 0.15) is 33.1 Å². The first kappa shape index (κ1) is 9.63. The molecule has 0 heterocycles. The van der Waals surface area contributed by atoms with Crippen LogP contribution in [0.3, 0.4) is 0 Å². The second kappa shape index (κ2) is 2.01. The summed E-state index contributed by atoms with van der Waals surface area (Å²) < 4.78 is 0.990. The molecule has 0 nitrogen and oxygen atoms in total. The first-order valence-electron chi connectivity index (χ1n) is 8.12. The van der Waals surface area contributed by atoms with Crippen molar-refractivity contribution in [2.24, 2.45) is 57.7 Å². The molecule has 8 rings (SSSR count). The Kier molecular flexibility index (Phi) is 1.07. The van der Waals surface area contributed by atoms with E-state index in [0.29, 0.717) is 21.2 Å². The monoisotopic (exact) mass is 353 g/mol. The maximum absolute atomic E-state index is 2.80.